The van der Waals surface area contributed by atoms with E-state index < -0.39 is 0 Å². The predicted octanol–water partition coefficient (Wildman–Crippen LogP) is 4.56. The van der Waals surface area contributed by atoms with Crippen LogP contribution in [0.4, 0.5) is 5.69 Å². The van der Waals surface area contributed by atoms with Gasteiger partial charge in [-0.1, -0.05) is 42.5 Å². The maximum absolute atomic E-state index is 12.8. The fourth-order valence-electron chi connectivity index (χ4n) is 4.94. The number of hydrogen-bond donors (Lipinski definition) is 2. The molecule has 0 spiro atoms. The van der Waals surface area contributed by atoms with Crippen LogP contribution in [0.5, 0.6) is 0 Å². The average Bonchev–Trinajstić information content (AvgIpc) is 3.44. The molecule has 0 radical (unpaired) electrons. The highest BCUT2D eigenvalue weighted by atomic mass is 16.2. The van der Waals surface area contributed by atoms with Gasteiger partial charge < -0.3 is 15.2 Å². The van der Waals surface area contributed by atoms with Gasteiger partial charge in [-0.25, -0.2) is 0 Å². The van der Waals surface area contributed by atoms with Crippen molar-refractivity contribution in [3.05, 3.63) is 101 Å². The molecule has 1 atom stereocenters. The number of para-hydroxylation sites is 1. The van der Waals surface area contributed by atoms with E-state index in [4.69, 9.17) is 0 Å². The van der Waals surface area contributed by atoms with Crippen LogP contribution in [0, 0.1) is 0 Å². The van der Waals surface area contributed by atoms with Gasteiger partial charge in [0.15, 0.2) is 0 Å². The van der Waals surface area contributed by atoms with Gasteiger partial charge in [-0.3, -0.25) is 19.3 Å². The lowest BCUT2D eigenvalue weighted by molar-refractivity contribution is -0.121. The summed E-state index contributed by atoms with van der Waals surface area (Å²) < 4.78 is 0. The zero-order chi connectivity index (χ0) is 25.9. The number of aromatic amines is 1. The molecule has 5 rings (SSSR count). The number of carbonyl (C=O) groups is 3. The van der Waals surface area contributed by atoms with Crippen LogP contribution in [0.25, 0.3) is 10.9 Å². The summed E-state index contributed by atoms with van der Waals surface area (Å²) in [6.07, 6.45) is 2.66. The molecule has 1 aromatic heterocycles. The van der Waals surface area contributed by atoms with Gasteiger partial charge in [0.25, 0.3) is 11.8 Å². The average molecular weight is 495 g/mol. The Kier molecular flexibility index (Phi) is 6.77. The summed E-state index contributed by atoms with van der Waals surface area (Å²) in [5.41, 5.74) is 5.26. The van der Waals surface area contributed by atoms with E-state index in [2.05, 4.69) is 45.5 Å². The minimum Gasteiger partial charge on any atom is -0.378 e. The number of nitrogens with one attached hydrogen (secondary N) is 2. The van der Waals surface area contributed by atoms with E-state index in [1.165, 1.54) is 4.90 Å². The number of nitrogens with zero attached hydrogens (tertiary/aromatic N) is 2. The molecule has 2 N–H and O–H groups in total. The highest BCUT2D eigenvalue weighted by molar-refractivity contribution is 6.21. The molecule has 1 aliphatic heterocycles. The van der Waals surface area contributed by atoms with E-state index in [1.54, 1.807) is 24.3 Å². The van der Waals surface area contributed by atoms with Crippen LogP contribution in [0.1, 0.15) is 50.6 Å². The monoisotopic (exact) mass is 494 g/mol. The van der Waals surface area contributed by atoms with Gasteiger partial charge in [0.2, 0.25) is 5.91 Å². The first kappa shape index (κ1) is 24.3. The van der Waals surface area contributed by atoms with Gasteiger partial charge >= 0.3 is 0 Å². The first-order valence-electron chi connectivity index (χ1n) is 12.5. The van der Waals surface area contributed by atoms with E-state index in [9.17, 15) is 14.4 Å². The molecule has 0 saturated carbocycles. The van der Waals surface area contributed by atoms with Crippen LogP contribution in [-0.4, -0.2) is 54.8 Å². The van der Waals surface area contributed by atoms with Gasteiger partial charge in [0, 0.05) is 62.3 Å². The molecule has 2 heterocycles. The van der Waals surface area contributed by atoms with Crippen molar-refractivity contribution in [2.75, 3.05) is 32.1 Å². The number of fused-ring (bicyclic) bond motifs is 2. The van der Waals surface area contributed by atoms with Crippen molar-refractivity contribution >= 4 is 34.3 Å². The predicted molar refractivity (Wildman–Crippen MR) is 145 cm³/mol. The standard InChI is InChI=1S/C30H30N4O3/c1-33(2)21-15-13-20(14-16-21)25(26-19-31-27-11-6-5-8-22(26)27)18-32-28(35)12-7-17-34-29(36)23-9-3-4-10-24(23)30(34)37/h3-6,8-11,13-16,19,25,31H,7,12,17-18H2,1-2H3,(H,32,35). The zero-order valence-corrected chi connectivity index (χ0v) is 21.0. The van der Waals surface area contributed by atoms with Gasteiger partial charge in [-0.15, -0.1) is 0 Å². The fraction of sp³-hybridized carbons (Fsp3) is 0.233. The topological polar surface area (TPSA) is 85.5 Å². The molecule has 0 saturated heterocycles. The normalized spacial score (nSPS) is 13.6. The van der Waals surface area contributed by atoms with E-state index >= 15 is 0 Å². The second-order valence-electron chi connectivity index (χ2n) is 9.54. The second kappa shape index (κ2) is 10.3. The van der Waals surface area contributed by atoms with Gasteiger partial charge in [0.1, 0.15) is 0 Å². The molecule has 1 aliphatic rings. The molecule has 3 amide bonds. The Bertz CT molecular complexity index is 1420. The van der Waals surface area contributed by atoms with Crippen molar-refractivity contribution in [3.8, 4) is 0 Å². The van der Waals surface area contributed by atoms with Crippen molar-refractivity contribution in [1.29, 1.82) is 0 Å². The zero-order valence-electron chi connectivity index (χ0n) is 21.0. The molecule has 0 fully saturated rings. The number of benzene rings is 3. The lowest BCUT2D eigenvalue weighted by Crippen LogP contribution is -2.33. The minimum absolute atomic E-state index is 0.0347. The van der Waals surface area contributed by atoms with Crippen molar-refractivity contribution < 1.29 is 14.4 Å². The number of amides is 3. The van der Waals surface area contributed by atoms with Crippen molar-refractivity contribution in [1.82, 2.24) is 15.2 Å². The van der Waals surface area contributed by atoms with E-state index in [-0.39, 0.29) is 36.6 Å². The first-order chi connectivity index (χ1) is 17.9. The van der Waals surface area contributed by atoms with Crippen molar-refractivity contribution in [2.24, 2.45) is 0 Å². The van der Waals surface area contributed by atoms with Crippen LogP contribution < -0.4 is 10.2 Å². The molecular formula is C30H30N4O3. The number of rotatable bonds is 9. The molecule has 4 aromatic rings. The van der Waals surface area contributed by atoms with Gasteiger partial charge in [0.05, 0.1) is 11.1 Å². The summed E-state index contributed by atoms with van der Waals surface area (Å²) in [4.78, 5) is 44.6. The maximum Gasteiger partial charge on any atom is 0.261 e. The number of aromatic nitrogens is 1. The van der Waals surface area contributed by atoms with Crippen molar-refractivity contribution in [2.45, 2.75) is 18.8 Å². The quantitative estimate of drug-likeness (QED) is 0.334. The second-order valence-corrected chi connectivity index (χ2v) is 9.54. The molecule has 3 aromatic carbocycles. The van der Waals surface area contributed by atoms with Crippen molar-refractivity contribution in [3.63, 3.8) is 0 Å². The van der Waals surface area contributed by atoms with Crippen LogP contribution in [0.15, 0.2) is 79.0 Å². The lowest BCUT2D eigenvalue weighted by atomic mass is 9.90. The van der Waals surface area contributed by atoms with E-state index in [0.29, 0.717) is 24.1 Å². The molecule has 7 heteroatoms. The third-order valence-corrected chi connectivity index (χ3v) is 6.98. The number of carbonyl (C=O) groups excluding carboxylic acids is 3. The van der Waals surface area contributed by atoms with Gasteiger partial charge in [-0.05, 0) is 47.9 Å². The Hall–Kier alpha value is -4.39. The van der Waals surface area contributed by atoms with Crippen LogP contribution in [-0.2, 0) is 4.79 Å². The number of hydrogen-bond acceptors (Lipinski definition) is 4. The minimum atomic E-state index is -0.290. The number of H-pyrrole nitrogens is 1. The van der Waals surface area contributed by atoms with Crippen LogP contribution in [0.2, 0.25) is 0 Å². The van der Waals surface area contributed by atoms with Gasteiger partial charge in [-0.2, -0.15) is 0 Å². The SMILES string of the molecule is CN(C)c1ccc(C(CNC(=O)CCCN2C(=O)c3ccccc3C2=O)c2c[nH]c3ccccc23)cc1. The Balaban J connectivity index is 1.25. The Morgan fingerprint density at radius 3 is 2.24 bits per heavy atom. The largest absolute Gasteiger partial charge is 0.378 e. The summed E-state index contributed by atoms with van der Waals surface area (Å²) in [5, 5.41) is 4.21. The van der Waals surface area contributed by atoms with Crippen LogP contribution >= 0.6 is 0 Å². The third-order valence-electron chi connectivity index (χ3n) is 6.98. The molecule has 0 aliphatic carbocycles. The summed E-state index contributed by atoms with van der Waals surface area (Å²) in [6, 6.07) is 23.4. The molecule has 7 nitrogen and oxygen atoms in total. The summed E-state index contributed by atoms with van der Waals surface area (Å²) >= 11 is 0. The van der Waals surface area contributed by atoms with Crippen LogP contribution in [0.3, 0.4) is 0 Å². The first-order valence-corrected chi connectivity index (χ1v) is 12.5. The van der Waals surface area contributed by atoms with E-state index in [0.717, 1.165) is 27.7 Å². The molecule has 0 bridgehead atoms. The fourth-order valence-corrected chi connectivity index (χ4v) is 4.94. The molecule has 188 valence electrons. The molecular weight excluding hydrogens is 464 g/mol. The summed E-state index contributed by atoms with van der Waals surface area (Å²) in [7, 11) is 4.02. The number of imide groups is 1. The maximum atomic E-state index is 12.8. The summed E-state index contributed by atoms with van der Waals surface area (Å²) in [5.74, 6) is -0.720. The highest BCUT2D eigenvalue weighted by Crippen LogP contribution is 2.31. The lowest BCUT2D eigenvalue weighted by Gasteiger charge is -2.20. The molecule has 37 heavy (non-hydrogen) atoms. The third kappa shape index (κ3) is 4.85. The van der Waals surface area contributed by atoms with E-state index in [1.807, 2.05) is 38.5 Å². The number of anilines is 1. The Labute approximate surface area is 216 Å². The smallest absolute Gasteiger partial charge is 0.261 e. The Morgan fingerprint density at radius 2 is 1.57 bits per heavy atom. The highest BCUT2D eigenvalue weighted by Gasteiger charge is 2.34. The Morgan fingerprint density at radius 1 is 0.919 bits per heavy atom. The molecule has 1 unspecified atom stereocenters. The summed E-state index contributed by atoms with van der Waals surface area (Å²) in [6.45, 7) is 0.659.